The summed E-state index contributed by atoms with van der Waals surface area (Å²) in [6, 6.07) is 5.83. The maximum Gasteiger partial charge on any atom is 0.415 e. The highest BCUT2D eigenvalue weighted by atomic mass is 16.6. The summed E-state index contributed by atoms with van der Waals surface area (Å²) in [5, 5.41) is 0.929. The number of hydrogen-bond donors (Lipinski definition) is 0. The Bertz CT molecular complexity index is 1320. The Labute approximate surface area is 244 Å². The minimum absolute atomic E-state index is 0.103. The molecule has 1 aromatic carbocycles. The molecule has 0 N–H and O–H groups in total. The highest BCUT2D eigenvalue weighted by Crippen LogP contribution is 2.37. The standard InChI is InChI=1S/C31H43BN4O5/c1-8-13-36(14-12-32(2)3)31(39)41-29-10-9-27-25(26(29)19-34(4)5)16-23-18-35(6)28(30(23)33-27)17-22(11-15-37)24(20-38)21-40-7/h9-10,15-17,20H,8,11-14,18-19,21H2,1-7H3/b24-22+,28-17-. The van der Waals surface area contributed by atoms with Crippen molar-refractivity contribution in [2.75, 3.05) is 47.9 Å². The number of benzene rings is 1. The summed E-state index contributed by atoms with van der Waals surface area (Å²) in [5.41, 5.74) is 5.37. The molecular weight excluding hydrogens is 519 g/mol. The predicted molar refractivity (Wildman–Crippen MR) is 164 cm³/mol. The molecule has 0 spiro atoms. The third kappa shape index (κ3) is 8.04. The molecule has 220 valence electrons. The van der Waals surface area contributed by atoms with Gasteiger partial charge in [-0.15, -0.1) is 0 Å². The molecule has 0 radical (unpaired) electrons. The number of aldehydes is 2. The molecule has 0 atom stereocenters. The Kier molecular flexibility index (Phi) is 11.7. The summed E-state index contributed by atoms with van der Waals surface area (Å²) < 4.78 is 11.2. The fourth-order valence-corrected chi connectivity index (χ4v) is 4.98. The molecule has 1 aromatic heterocycles. The van der Waals surface area contributed by atoms with Crippen LogP contribution in [0.15, 0.2) is 35.4 Å². The summed E-state index contributed by atoms with van der Waals surface area (Å²) in [4.78, 5) is 47.3. The van der Waals surface area contributed by atoms with Crippen molar-refractivity contribution in [3.8, 4) is 5.75 Å². The molecule has 3 rings (SSSR count). The van der Waals surface area contributed by atoms with Crippen LogP contribution < -0.4 is 4.74 Å². The van der Waals surface area contributed by atoms with E-state index in [1.165, 1.54) is 7.11 Å². The van der Waals surface area contributed by atoms with Gasteiger partial charge in [0.15, 0.2) is 0 Å². The second-order valence-electron chi connectivity index (χ2n) is 11.2. The van der Waals surface area contributed by atoms with E-state index in [0.29, 0.717) is 49.8 Å². The van der Waals surface area contributed by atoms with Gasteiger partial charge in [-0.3, -0.25) is 4.79 Å². The highest BCUT2D eigenvalue weighted by molar-refractivity contribution is 6.55. The van der Waals surface area contributed by atoms with Crippen LogP contribution in [-0.2, 0) is 27.4 Å². The van der Waals surface area contributed by atoms with E-state index in [4.69, 9.17) is 14.5 Å². The van der Waals surface area contributed by atoms with Gasteiger partial charge >= 0.3 is 6.09 Å². The van der Waals surface area contributed by atoms with Crippen molar-refractivity contribution >= 4 is 42.0 Å². The van der Waals surface area contributed by atoms with Crippen molar-refractivity contribution in [2.24, 2.45) is 0 Å². The molecule has 0 aliphatic carbocycles. The summed E-state index contributed by atoms with van der Waals surface area (Å²) >= 11 is 0. The van der Waals surface area contributed by atoms with Crippen molar-refractivity contribution in [3.63, 3.8) is 0 Å². The first-order valence-corrected chi connectivity index (χ1v) is 14.2. The Hall–Kier alpha value is -3.50. The monoisotopic (exact) mass is 562 g/mol. The second kappa shape index (κ2) is 14.9. The second-order valence-corrected chi connectivity index (χ2v) is 11.2. The number of pyridine rings is 1. The molecule has 41 heavy (non-hydrogen) atoms. The number of fused-ring (bicyclic) bond motifs is 2. The lowest BCUT2D eigenvalue weighted by Crippen LogP contribution is -2.36. The number of hydrogen-bond acceptors (Lipinski definition) is 8. The predicted octanol–water partition coefficient (Wildman–Crippen LogP) is 4.78. The molecule has 0 bridgehead atoms. The number of amides is 1. The van der Waals surface area contributed by atoms with Crippen LogP contribution in [0.5, 0.6) is 5.75 Å². The number of aromatic nitrogens is 1. The molecule has 0 fully saturated rings. The minimum atomic E-state index is -0.331. The fraction of sp³-hybridized carbons (Fsp3) is 0.484. The van der Waals surface area contributed by atoms with Crippen LogP contribution in [-0.4, -0.2) is 93.0 Å². The number of nitrogens with zero attached hydrogens (tertiary/aromatic N) is 4. The lowest BCUT2D eigenvalue weighted by Gasteiger charge is -2.23. The molecule has 9 nitrogen and oxygen atoms in total. The first-order valence-electron chi connectivity index (χ1n) is 14.2. The topological polar surface area (TPSA) is 92.3 Å². The maximum atomic E-state index is 13.2. The van der Waals surface area contributed by atoms with Gasteiger partial charge in [-0.1, -0.05) is 26.9 Å². The van der Waals surface area contributed by atoms with Crippen molar-refractivity contribution < 1.29 is 23.9 Å². The quantitative estimate of drug-likeness (QED) is 0.185. The van der Waals surface area contributed by atoms with Crippen LogP contribution in [0.4, 0.5) is 4.79 Å². The molecule has 1 aliphatic heterocycles. The van der Waals surface area contributed by atoms with Gasteiger partial charge in [0, 0.05) is 63.3 Å². The fourth-order valence-electron chi connectivity index (χ4n) is 4.98. The van der Waals surface area contributed by atoms with Gasteiger partial charge in [0.1, 0.15) is 25.0 Å². The first kappa shape index (κ1) is 32.0. The van der Waals surface area contributed by atoms with Gasteiger partial charge in [-0.05, 0) is 55.9 Å². The smallest absolute Gasteiger partial charge is 0.410 e. The zero-order chi connectivity index (χ0) is 30.1. The summed E-state index contributed by atoms with van der Waals surface area (Å²) in [5.74, 6) is 0.539. The largest absolute Gasteiger partial charge is 0.415 e. The molecular formula is C31H43BN4O5. The first-order chi connectivity index (χ1) is 19.6. The molecule has 1 amide bonds. The van der Waals surface area contributed by atoms with E-state index in [1.807, 2.05) is 44.3 Å². The van der Waals surface area contributed by atoms with Crippen molar-refractivity contribution in [2.45, 2.75) is 52.8 Å². The van der Waals surface area contributed by atoms with E-state index in [2.05, 4.69) is 31.5 Å². The van der Waals surface area contributed by atoms with Gasteiger partial charge in [-0.25, -0.2) is 9.78 Å². The Morgan fingerprint density at radius 2 is 1.93 bits per heavy atom. The van der Waals surface area contributed by atoms with Crippen molar-refractivity contribution in [3.05, 3.63) is 52.2 Å². The van der Waals surface area contributed by atoms with Gasteiger partial charge in [0.25, 0.3) is 0 Å². The van der Waals surface area contributed by atoms with Crippen LogP contribution in [0.1, 0.15) is 36.6 Å². The third-order valence-corrected chi connectivity index (χ3v) is 7.08. The van der Waals surface area contributed by atoms with E-state index in [1.54, 1.807) is 4.90 Å². The van der Waals surface area contributed by atoms with Crippen LogP contribution in [0.25, 0.3) is 16.6 Å². The zero-order valence-electron chi connectivity index (χ0n) is 25.5. The van der Waals surface area contributed by atoms with Crippen molar-refractivity contribution in [1.29, 1.82) is 0 Å². The molecule has 0 unspecified atom stereocenters. The van der Waals surface area contributed by atoms with E-state index < -0.39 is 0 Å². The average Bonchev–Trinajstić information content (AvgIpc) is 3.22. The third-order valence-electron chi connectivity index (χ3n) is 7.08. The molecule has 1 aliphatic rings. The normalized spacial score (nSPS) is 14.3. The Morgan fingerprint density at radius 3 is 2.54 bits per heavy atom. The number of carbonyl (C=O) groups is 3. The highest BCUT2D eigenvalue weighted by Gasteiger charge is 2.26. The van der Waals surface area contributed by atoms with Gasteiger partial charge in [-0.2, -0.15) is 0 Å². The van der Waals surface area contributed by atoms with E-state index in [0.717, 1.165) is 58.7 Å². The van der Waals surface area contributed by atoms with Crippen molar-refractivity contribution in [1.82, 2.24) is 19.7 Å². The van der Waals surface area contributed by atoms with Gasteiger partial charge in [0.05, 0.1) is 23.5 Å². The van der Waals surface area contributed by atoms with Crippen LogP contribution in [0.3, 0.4) is 0 Å². The molecule has 2 aromatic rings. The summed E-state index contributed by atoms with van der Waals surface area (Å²) in [7, 11) is 7.44. The number of rotatable bonds is 14. The van der Waals surface area contributed by atoms with Gasteiger partial charge < -0.3 is 29.0 Å². The van der Waals surface area contributed by atoms with Crippen LogP contribution in [0, 0.1) is 0 Å². The molecule has 0 saturated heterocycles. The molecule has 0 saturated carbocycles. The van der Waals surface area contributed by atoms with Gasteiger partial charge in [0.2, 0.25) is 0 Å². The van der Waals surface area contributed by atoms with E-state index in [9.17, 15) is 14.4 Å². The number of carbonyl (C=O) groups excluding carboxylic acids is 3. The minimum Gasteiger partial charge on any atom is -0.410 e. The van der Waals surface area contributed by atoms with Crippen LogP contribution in [0.2, 0.25) is 20.0 Å². The lowest BCUT2D eigenvalue weighted by atomic mass is 9.52. The average molecular weight is 563 g/mol. The summed E-state index contributed by atoms with van der Waals surface area (Å²) in [6.45, 7) is 9.48. The Balaban J connectivity index is 2.08. The SMILES string of the molecule is CCCN(CCB(C)C)C(=O)Oc1ccc2nc3c(cc2c1CN(C)C)CN(C)/C3=C\C(CC=O)=C(/C=O)COC. The van der Waals surface area contributed by atoms with E-state index in [-0.39, 0.29) is 19.1 Å². The Morgan fingerprint density at radius 1 is 1.17 bits per heavy atom. The lowest BCUT2D eigenvalue weighted by molar-refractivity contribution is -0.107. The number of methoxy groups -OCH3 is 1. The zero-order valence-corrected chi connectivity index (χ0v) is 25.5. The van der Waals surface area contributed by atoms with Crippen LogP contribution >= 0.6 is 0 Å². The number of ether oxygens (including phenoxy) is 2. The number of allylic oxidation sites excluding steroid dienone is 2. The van der Waals surface area contributed by atoms with E-state index >= 15 is 0 Å². The summed E-state index contributed by atoms with van der Waals surface area (Å²) in [6.07, 6.45) is 4.94. The molecule has 2 heterocycles. The molecule has 10 heteroatoms. The maximum absolute atomic E-state index is 13.2.